The summed E-state index contributed by atoms with van der Waals surface area (Å²) in [5.74, 6) is -0.236. The third kappa shape index (κ3) is 5.35. The topological polar surface area (TPSA) is 88.9 Å². The lowest BCUT2D eigenvalue weighted by molar-refractivity contribution is -0.120. The van der Waals surface area contributed by atoms with Crippen LogP contribution in [0.1, 0.15) is 19.0 Å². The molecule has 2 aromatic heterocycles. The maximum Gasteiger partial charge on any atom is 0.226 e. The number of hydrogen-bond acceptors (Lipinski definition) is 5. The molecule has 0 saturated heterocycles. The minimum Gasteiger partial charge on any atom is -0.356 e. The zero-order valence-corrected chi connectivity index (χ0v) is 12.5. The molecule has 2 rings (SSSR count). The van der Waals surface area contributed by atoms with Crippen molar-refractivity contribution in [1.29, 1.82) is 0 Å². The van der Waals surface area contributed by atoms with E-state index in [1.807, 2.05) is 10.8 Å². The van der Waals surface area contributed by atoms with Gasteiger partial charge in [-0.15, -0.1) is 11.3 Å². The van der Waals surface area contributed by atoms with E-state index in [-0.39, 0.29) is 18.2 Å². The largest absolute Gasteiger partial charge is 0.356 e. The smallest absolute Gasteiger partial charge is 0.226 e. The van der Waals surface area contributed by atoms with E-state index in [1.54, 1.807) is 17.9 Å². The molecule has 2 aromatic rings. The molecule has 0 fully saturated rings. The maximum atomic E-state index is 11.8. The Hall–Kier alpha value is -2.22. The molecule has 0 atom stereocenters. The predicted octanol–water partition coefficient (Wildman–Crippen LogP) is 1.05. The summed E-state index contributed by atoms with van der Waals surface area (Å²) in [6.07, 6.45) is 6.44. The highest BCUT2D eigenvalue weighted by Gasteiger charge is 2.08. The molecule has 7 nitrogen and oxygen atoms in total. The Bertz CT molecular complexity index is 593. The number of carbonyl (C=O) groups excluding carboxylic acids is 2. The van der Waals surface area contributed by atoms with Gasteiger partial charge in [0.2, 0.25) is 11.8 Å². The number of imidazole rings is 1. The average Bonchev–Trinajstić information content (AvgIpc) is 3.06. The summed E-state index contributed by atoms with van der Waals surface area (Å²) >= 11 is 1.31. The zero-order valence-electron chi connectivity index (χ0n) is 11.7. The van der Waals surface area contributed by atoms with Gasteiger partial charge >= 0.3 is 0 Å². The lowest BCUT2D eigenvalue weighted by Gasteiger charge is -2.04. The lowest BCUT2D eigenvalue weighted by atomic mass is 10.3. The van der Waals surface area contributed by atoms with Crippen LogP contribution in [0.3, 0.4) is 0 Å². The second-order valence-corrected chi connectivity index (χ2v) is 5.36. The van der Waals surface area contributed by atoms with E-state index in [0.717, 1.165) is 13.0 Å². The van der Waals surface area contributed by atoms with Crippen LogP contribution in [0.25, 0.3) is 0 Å². The van der Waals surface area contributed by atoms with Crippen LogP contribution < -0.4 is 10.6 Å². The molecule has 0 saturated carbocycles. The fourth-order valence-corrected chi connectivity index (χ4v) is 2.49. The van der Waals surface area contributed by atoms with Gasteiger partial charge in [-0.05, 0) is 6.42 Å². The third-order valence-electron chi connectivity index (χ3n) is 2.65. The van der Waals surface area contributed by atoms with Gasteiger partial charge in [0.15, 0.2) is 5.13 Å². The number of anilines is 1. The van der Waals surface area contributed by atoms with Gasteiger partial charge in [-0.3, -0.25) is 9.59 Å². The highest BCUT2D eigenvalue weighted by Crippen LogP contribution is 2.15. The van der Waals surface area contributed by atoms with E-state index in [4.69, 9.17) is 0 Å². The molecule has 2 N–H and O–H groups in total. The summed E-state index contributed by atoms with van der Waals surface area (Å²) in [6.45, 7) is 2.86. The van der Waals surface area contributed by atoms with Crippen LogP contribution in [0.15, 0.2) is 24.1 Å². The van der Waals surface area contributed by atoms with Crippen molar-refractivity contribution >= 4 is 28.3 Å². The van der Waals surface area contributed by atoms with Gasteiger partial charge in [0.25, 0.3) is 0 Å². The first-order valence-electron chi connectivity index (χ1n) is 6.58. The standard InChI is InChI=1S/C13H17N5O2S/c1-10(19)16-13-17-11(8-21-13)7-12(20)15-3-2-5-18-6-4-14-9-18/h4,6,8-9H,2-3,5,7H2,1H3,(H,15,20)(H,16,17,19). The van der Waals surface area contributed by atoms with Gasteiger partial charge in [-0.2, -0.15) is 0 Å². The van der Waals surface area contributed by atoms with Crippen molar-refractivity contribution in [2.24, 2.45) is 0 Å². The molecular formula is C13H17N5O2S. The zero-order chi connectivity index (χ0) is 15.1. The normalized spacial score (nSPS) is 10.3. The van der Waals surface area contributed by atoms with Crippen LogP contribution in [-0.2, 0) is 22.6 Å². The van der Waals surface area contributed by atoms with Gasteiger partial charge in [0.1, 0.15) is 0 Å². The second kappa shape index (κ2) is 7.53. The van der Waals surface area contributed by atoms with Crippen LogP contribution in [0.5, 0.6) is 0 Å². The predicted molar refractivity (Wildman–Crippen MR) is 80.0 cm³/mol. The Morgan fingerprint density at radius 2 is 2.29 bits per heavy atom. The maximum absolute atomic E-state index is 11.8. The minimum atomic E-state index is -0.167. The SMILES string of the molecule is CC(=O)Nc1nc(CC(=O)NCCCn2ccnc2)cs1. The van der Waals surface area contributed by atoms with Crippen molar-refractivity contribution in [2.75, 3.05) is 11.9 Å². The van der Waals surface area contributed by atoms with Gasteiger partial charge in [-0.1, -0.05) is 0 Å². The molecule has 8 heteroatoms. The first-order chi connectivity index (χ1) is 10.1. The molecule has 112 valence electrons. The number of nitrogens with one attached hydrogen (secondary N) is 2. The van der Waals surface area contributed by atoms with E-state index >= 15 is 0 Å². The molecule has 0 spiro atoms. The minimum absolute atomic E-state index is 0.0692. The molecule has 0 aromatic carbocycles. The summed E-state index contributed by atoms with van der Waals surface area (Å²) in [7, 11) is 0. The molecule has 2 amide bonds. The Kier molecular flexibility index (Phi) is 5.44. The van der Waals surface area contributed by atoms with Crippen LogP contribution in [0, 0.1) is 0 Å². The number of amides is 2. The Morgan fingerprint density at radius 1 is 1.43 bits per heavy atom. The lowest BCUT2D eigenvalue weighted by Crippen LogP contribution is -2.26. The summed E-state index contributed by atoms with van der Waals surface area (Å²) in [5.41, 5.74) is 0.663. The number of nitrogens with zero attached hydrogens (tertiary/aromatic N) is 3. The summed E-state index contributed by atoms with van der Waals surface area (Å²) < 4.78 is 1.96. The van der Waals surface area contributed by atoms with E-state index in [9.17, 15) is 9.59 Å². The fourth-order valence-electron chi connectivity index (χ4n) is 1.73. The van der Waals surface area contributed by atoms with Crippen LogP contribution >= 0.6 is 11.3 Å². The number of hydrogen-bond donors (Lipinski definition) is 2. The number of aromatic nitrogens is 3. The van der Waals surface area contributed by atoms with Crippen LogP contribution in [0.4, 0.5) is 5.13 Å². The molecule has 0 aliphatic carbocycles. The molecular weight excluding hydrogens is 290 g/mol. The van der Waals surface area contributed by atoms with Crippen LogP contribution in [0.2, 0.25) is 0 Å². The van der Waals surface area contributed by atoms with Crippen molar-refractivity contribution in [3.63, 3.8) is 0 Å². The molecule has 0 bridgehead atoms. The van der Waals surface area contributed by atoms with Crippen molar-refractivity contribution in [1.82, 2.24) is 19.9 Å². The third-order valence-corrected chi connectivity index (χ3v) is 3.46. The highest BCUT2D eigenvalue weighted by atomic mass is 32.1. The van der Waals surface area contributed by atoms with E-state index in [0.29, 0.717) is 17.4 Å². The number of carbonyl (C=O) groups is 2. The average molecular weight is 307 g/mol. The number of rotatable bonds is 7. The fraction of sp³-hybridized carbons (Fsp3) is 0.385. The summed E-state index contributed by atoms with van der Waals surface area (Å²) in [6, 6.07) is 0. The van der Waals surface area contributed by atoms with Crippen molar-refractivity contribution < 1.29 is 9.59 Å². The molecule has 0 aliphatic rings. The van der Waals surface area contributed by atoms with Crippen LogP contribution in [-0.4, -0.2) is 32.9 Å². The molecule has 0 radical (unpaired) electrons. The van der Waals surface area contributed by atoms with E-state index in [1.165, 1.54) is 18.3 Å². The first kappa shape index (κ1) is 15.2. The summed E-state index contributed by atoms with van der Waals surface area (Å²) in [4.78, 5) is 30.8. The van der Waals surface area contributed by atoms with Gasteiger partial charge in [-0.25, -0.2) is 9.97 Å². The Morgan fingerprint density at radius 3 is 3.00 bits per heavy atom. The molecule has 0 aliphatic heterocycles. The second-order valence-electron chi connectivity index (χ2n) is 4.51. The molecule has 0 unspecified atom stereocenters. The van der Waals surface area contributed by atoms with Gasteiger partial charge < -0.3 is 15.2 Å². The monoisotopic (exact) mass is 307 g/mol. The van der Waals surface area contributed by atoms with Crippen molar-refractivity contribution in [2.45, 2.75) is 26.3 Å². The van der Waals surface area contributed by atoms with Gasteiger partial charge in [0, 0.05) is 37.8 Å². The van der Waals surface area contributed by atoms with Crippen molar-refractivity contribution in [3.8, 4) is 0 Å². The highest BCUT2D eigenvalue weighted by molar-refractivity contribution is 7.13. The molecule has 21 heavy (non-hydrogen) atoms. The first-order valence-corrected chi connectivity index (χ1v) is 7.46. The Labute approximate surface area is 126 Å². The van der Waals surface area contributed by atoms with Crippen molar-refractivity contribution in [3.05, 3.63) is 29.8 Å². The quantitative estimate of drug-likeness (QED) is 0.748. The number of thiazole rings is 1. The Balaban J connectivity index is 1.67. The van der Waals surface area contributed by atoms with E-state index in [2.05, 4.69) is 20.6 Å². The van der Waals surface area contributed by atoms with E-state index < -0.39 is 0 Å². The summed E-state index contributed by atoms with van der Waals surface area (Å²) in [5, 5.41) is 7.74. The molecule has 2 heterocycles. The van der Waals surface area contributed by atoms with Gasteiger partial charge in [0.05, 0.1) is 18.4 Å². The number of aryl methyl sites for hydroxylation is 1.